The Morgan fingerprint density at radius 2 is 1.71 bits per heavy atom. The second-order valence-corrected chi connectivity index (χ2v) is 4.46. The molecular weight excluding hydrogens is 232 g/mol. The highest BCUT2D eigenvalue weighted by molar-refractivity contribution is 6.30. The average molecular weight is 247 g/mol. The maximum absolute atomic E-state index is 5.84. The van der Waals surface area contributed by atoms with Crippen LogP contribution in [0, 0.1) is 0 Å². The zero-order valence-corrected chi connectivity index (χ0v) is 10.6. The predicted octanol–water partition coefficient (Wildman–Crippen LogP) is 4.14. The molecule has 0 bridgehead atoms. The number of aryl methyl sites for hydroxylation is 1. The van der Waals surface area contributed by atoms with Crippen LogP contribution < -0.4 is 0 Å². The quantitative estimate of drug-likeness (QED) is 0.810. The van der Waals surface area contributed by atoms with Gasteiger partial charge < -0.3 is 0 Å². The molecule has 1 heterocycles. The first-order valence-electron chi connectivity index (χ1n) is 5.86. The highest BCUT2D eigenvalue weighted by atomic mass is 35.5. The Kier molecular flexibility index (Phi) is 4.10. The minimum Gasteiger partial charge on any atom is -0.236 e. The number of hydrogen-bond acceptors (Lipinski definition) is 2. The molecule has 1 aromatic heterocycles. The van der Waals surface area contributed by atoms with E-state index in [-0.39, 0.29) is 0 Å². The number of benzene rings is 1. The molecule has 0 spiro atoms. The zero-order valence-electron chi connectivity index (χ0n) is 9.86. The molecular formula is C14H15ClN2. The number of aromatic nitrogens is 2. The Morgan fingerprint density at radius 3 is 2.29 bits per heavy atom. The van der Waals surface area contributed by atoms with E-state index in [0.29, 0.717) is 0 Å². The Hall–Kier alpha value is -1.41. The second-order valence-electron chi connectivity index (χ2n) is 4.03. The molecule has 0 N–H and O–H groups in total. The zero-order chi connectivity index (χ0) is 12.1. The smallest absolute Gasteiger partial charge is 0.159 e. The summed E-state index contributed by atoms with van der Waals surface area (Å²) in [4.78, 5) is 8.75. The van der Waals surface area contributed by atoms with Crippen LogP contribution in [0.5, 0.6) is 0 Å². The molecule has 0 unspecified atom stereocenters. The van der Waals surface area contributed by atoms with Crippen LogP contribution >= 0.6 is 11.6 Å². The van der Waals surface area contributed by atoms with E-state index in [2.05, 4.69) is 16.9 Å². The summed E-state index contributed by atoms with van der Waals surface area (Å²) in [5, 5.41) is 0.730. The SMILES string of the molecule is CCCCc1cnc(-c2ccc(Cl)cc2)nc1. The Labute approximate surface area is 107 Å². The molecule has 17 heavy (non-hydrogen) atoms. The van der Waals surface area contributed by atoms with Crippen molar-refractivity contribution >= 4 is 11.6 Å². The van der Waals surface area contributed by atoms with Gasteiger partial charge >= 0.3 is 0 Å². The monoisotopic (exact) mass is 246 g/mol. The first-order valence-corrected chi connectivity index (χ1v) is 6.24. The molecule has 2 aromatic rings. The molecule has 0 atom stereocenters. The fourth-order valence-electron chi connectivity index (χ4n) is 1.61. The van der Waals surface area contributed by atoms with Crippen LogP contribution in [-0.4, -0.2) is 9.97 Å². The highest BCUT2D eigenvalue weighted by Gasteiger charge is 2.01. The van der Waals surface area contributed by atoms with E-state index in [1.807, 2.05) is 36.7 Å². The van der Waals surface area contributed by atoms with Gasteiger partial charge in [0.25, 0.3) is 0 Å². The van der Waals surface area contributed by atoms with Gasteiger partial charge in [-0.15, -0.1) is 0 Å². The topological polar surface area (TPSA) is 25.8 Å². The molecule has 2 nitrogen and oxygen atoms in total. The van der Waals surface area contributed by atoms with Crippen LogP contribution in [0.4, 0.5) is 0 Å². The molecule has 0 amide bonds. The summed E-state index contributed by atoms with van der Waals surface area (Å²) in [6, 6.07) is 7.57. The molecule has 0 fully saturated rings. The lowest BCUT2D eigenvalue weighted by atomic mass is 10.1. The predicted molar refractivity (Wildman–Crippen MR) is 71.1 cm³/mol. The largest absolute Gasteiger partial charge is 0.236 e. The van der Waals surface area contributed by atoms with Crippen LogP contribution in [0.25, 0.3) is 11.4 Å². The molecule has 0 aliphatic heterocycles. The summed E-state index contributed by atoms with van der Waals surface area (Å²) in [5.41, 5.74) is 2.20. The standard InChI is InChI=1S/C14H15ClN2/c1-2-3-4-11-9-16-14(17-10-11)12-5-7-13(15)8-6-12/h5-10H,2-4H2,1H3. The maximum atomic E-state index is 5.84. The van der Waals surface area contributed by atoms with E-state index in [0.717, 1.165) is 22.8 Å². The van der Waals surface area contributed by atoms with Gasteiger partial charge in [0.15, 0.2) is 5.82 Å². The maximum Gasteiger partial charge on any atom is 0.159 e. The first kappa shape index (κ1) is 12.1. The van der Waals surface area contributed by atoms with Crippen molar-refractivity contribution in [2.45, 2.75) is 26.2 Å². The molecule has 0 aliphatic rings. The summed E-state index contributed by atoms with van der Waals surface area (Å²) in [7, 11) is 0. The number of unbranched alkanes of at least 4 members (excludes halogenated alkanes) is 1. The van der Waals surface area contributed by atoms with Gasteiger partial charge in [0, 0.05) is 23.0 Å². The van der Waals surface area contributed by atoms with Gasteiger partial charge in [0.1, 0.15) is 0 Å². The van der Waals surface area contributed by atoms with Crippen molar-refractivity contribution in [3.63, 3.8) is 0 Å². The highest BCUT2D eigenvalue weighted by Crippen LogP contribution is 2.17. The number of hydrogen-bond donors (Lipinski definition) is 0. The van der Waals surface area contributed by atoms with Crippen molar-refractivity contribution in [1.82, 2.24) is 9.97 Å². The third-order valence-electron chi connectivity index (χ3n) is 2.63. The van der Waals surface area contributed by atoms with Crippen LogP contribution in [0.15, 0.2) is 36.7 Å². The van der Waals surface area contributed by atoms with Crippen LogP contribution in [-0.2, 0) is 6.42 Å². The Morgan fingerprint density at radius 1 is 1.06 bits per heavy atom. The van der Waals surface area contributed by atoms with E-state index in [9.17, 15) is 0 Å². The molecule has 1 aromatic carbocycles. The van der Waals surface area contributed by atoms with Gasteiger partial charge in [-0.1, -0.05) is 24.9 Å². The summed E-state index contributed by atoms with van der Waals surface area (Å²) in [6.45, 7) is 2.18. The van der Waals surface area contributed by atoms with Crippen molar-refractivity contribution in [1.29, 1.82) is 0 Å². The van der Waals surface area contributed by atoms with Gasteiger partial charge in [0.2, 0.25) is 0 Å². The molecule has 88 valence electrons. The van der Waals surface area contributed by atoms with Crippen molar-refractivity contribution in [2.24, 2.45) is 0 Å². The summed E-state index contributed by atoms with van der Waals surface area (Å²) < 4.78 is 0. The molecule has 0 saturated carbocycles. The van der Waals surface area contributed by atoms with Crippen molar-refractivity contribution in [2.75, 3.05) is 0 Å². The fourth-order valence-corrected chi connectivity index (χ4v) is 1.74. The Bertz CT molecular complexity index is 463. The Balaban J connectivity index is 2.14. The molecule has 3 heteroatoms. The van der Waals surface area contributed by atoms with E-state index < -0.39 is 0 Å². The van der Waals surface area contributed by atoms with E-state index in [1.54, 1.807) is 0 Å². The van der Waals surface area contributed by atoms with Crippen LogP contribution in [0.3, 0.4) is 0 Å². The lowest BCUT2D eigenvalue weighted by Crippen LogP contribution is -1.92. The lowest BCUT2D eigenvalue weighted by molar-refractivity contribution is 0.788. The summed E-state index contributed by atoms with van der Waals surface area (Å²) >= 11 is 5.84. The minimum absolute atomic E-state index is 0.730. The first-order chi connectivity index (χ1) is 8.29. The van der Waals surface area contributed by atoms with E-state index in [4.69, 9.17) is 11.6 Å². The van der Waals surface area contributed by atoms with Crippen molar-refractivity contribution < 1.29 is 0 Å². The van der Waals surface area contributed by atoms with Crippen molar-refractivity contribution in [3.05, 3.63) is 47.2 Å². The minimum atomic E-state index is 0.730. The van der Waals surface area contributed by atoms with E-state index in [1.165, 1.54) is 18.4 Å². The van der Waals surface area contributed by atoms with Gasteiger partial charge in [-0.25, -0.2) is 9.97 Å². The third kappa shape index (κ3) is 3.27. The van der Waals surface area contributed by atoms with Crippen molar-refractivity contribution in [3.8, 4) is 11.4 Å². The molecule has 0 radical (unpaired) electrons. The average Bonchev–Trinajstić information content (AvgIpc) is 2.38. The van der Waals surface area contributed by atoms with Gasteiger partial charge in [-0.2, -0.15) is 0 Å². The van der Waals surface area contributed by atoms with E-state index >= 15 is 0 Å². The molecule has 2 rings (SSSR count). The second kappa shape index (κ2) is 5.78. The normalized spacial score (nSPS) is 10.5. The number of rotatable bonds is 4. The summed E-state index contributed by atoms with van der Waals surface area (Å²) in [6.07, 6.45) is 7.25. The van der Waals surface area contributed by atoms with Crippen LogP contribution in [0.1, 0.15) is 25.3 Å². The third-order valence-corrected chi connectivity index (χ3v) is 2.88. The molecule has 0 saturated heterocycles. The lowest BCUT2D eigenvalue weighted by Gasteiger charge is -2.02. The van der Waals surface area contributed by atoms with Gasteiger partial charge in [0.05, 0.1) is 0 Å². The number of nitrogens with zero attached hydrogens (tertiary/aromatic N) is 2. The van der Waals surface area contributed by atoms with Gasteiger partial charge in [-0.3, -0.25) is 0 Å². The molecule has 0 aliphatic carbocycles. The van der Waals surface area contributed by atoms with Gasteiger partial charge in [-0.05, 0) is 42.7 Å². The fraction of sp³-hybridized carbons (Fsp3) is 0.286. The summed E-state index contributed by atoms with van der Waals surface area (Å²) in [5.74, 6) is 0.752. The van der Waals surface area contributed by atoms with Crippen LogP contribution in [0.2, 0.25) is 5.02 Å². The number of halogens is 1.